The molecule has 0 fully saturated rings. The summed E-state index contributed by atoms with van der Waals surface area (Å²) in [6.07, 6.45) is 2.80. The Morgan fingerprint density at radius 3 is 2.80 bits per heavy atom. The van der Waals surface area contributed by atoms with Gasteiger partial charge in [-0.25, -0.2) is 5.43 Å². The summed E-state index contributed by atoms with van der Waals surface area (Å²) in [5.74, 6) is 6.49. The highest BCUT2D eigenvalue weighted by atomic mass is 79.9. The quantitative estimate of drug-likeness (QED) is 0.601. The molecule has 0 saturated heterocycles. The predicted molar refractivity (Wildman–Crippen MR) is 82.2 cm³/mol. The number of hydrogen-bond donors (Lipinski definition) is 2. The summed E-state index contributed by atoms with van der Waals surface area (Å²) in [5.41, 5.74) is 3.80. The van der Waals surface area contributed by atoms with Crippen LogP contribution in [0.1, 0.15) is 25.1 Å². The molecule has 0 spiro atoms. The van der Waals surface area contributed by atoms with E-state index in [1.54, 1.807) is 6.20 Å². The number of benzene rings is 1. The first-order chi connectivity index (χ1) is 9.76. The average Bonchev–Trinajstić information content (AvgIpc) is 2.83. The molecule has 20 heavy (non-hydrogen) atoms. The van der Waals surface area contributed by atoms with Crippen molar-refractivity contribution in [3.63, 3.8) is 0 Å². The minimum absolute atomic E-state index is 0.126. The molecule has 0 aliphatic carbocycles. The lowest BCUT2D eigenvalue weighted by Gasteiger charge is -2.19. The van der Waals surface area contributed by atoms with Crippen LogP contribution in [0.2, 0.25) is 0 Å². The Labute approximate surface area is 127 Å². The maximum atomic E-state index is 5.77. The molecule has 1 unspecified atom stereocenters. The van der Waals surface area contributed by atoms with E-state index in [9.17, 15) is 0 Å². The van der Waals surface area contributed by atoms with Crippen LogP contribution in [-0.2, 0) is 6.54 Å². The van der Waals surface area contributed by atoms with Crippen LogP contribution in [0.15, 0.2) is 41.0 Å². The van der Waals surface area contributed by atoms with E-state index in [0.29, 0.717) is 6.61 Å². The van der Waals surface area contributed by atoms with Crippen LogP contribution in [0.25, 0.3) is 0 Å². The van der Waals surface area contributed by atoms with Crippen LogP contribution in [0, 0.1) is 0 Å². The zero-order valence-corrected chi connectivity index (χ0v) is 13.0. The Bertz CT molecular complexity index is 529. The maximum Gasteiger partial charge on any atom is 0.119 e. The van der Waals surface area contributed by atoms with E-state index in [0.717, 1.165) is 28.9 Å². The molecule has 0 aliphatic rings. The van der Waals surface area contributed by atoms with Gasteiger partial charge in [0.2, 0.25) is 0 Å². The Hall–Kier alpha value is -1.37. The van der Waals surface area contributed by atoms with Gasteiger partial charge in [0.05, 0.1) is 22.4 Å². The molecule has 6 heteroatoms. The molecule has 1 atom stereocenters. The van der Waals surface area contributed by atoms with Gasteiger partial charge in [0, 0.05) is 6.54 Å². The minimum Gasteiger partial charge on any atom is -0.491 e. The van der Waals surface area contributed by atoms with Crippen molar-refractivity contribution in [3.05, 3.63) is 46.7 Å². The number of hydrogen-bond acceptors (Lipinski definition) is 4. The van der Waals surface area contributed by atoms with Crippen LogP contribution < -0.4 is 16.0 Å². The fourth-order valence-electron chi connectivity index (χ4n) is 2.01. The number of rotatable bonds is 7. The van der Waals surface area contributed by atoms with Gasteiger partial charge in [-0.3, -0.25) is 10.5 Å². The van der Waals surface area contributed by atoms with E-state index >= 15 is 0 Å². The Balaban J connectivity index is 2.10. The number of ether oxygens (including phenoxy) is 1. The third kappa shape index (κ3) is 3.59. The Kier molecular flexibility index (Phi) is 5.58. The monoisotopic (exact) mass is 338 g/mol. The van der Waals surface area contributed by atoms with Gasteiger partial charge in [-0.2, -0.15) is 5.10 Å². The zero-order chi connectivity index (χ0) is 14.4. The third-order valence-corrected chi connectivity index (χ3v) is 3.57. The van der Waals surface area contributed by atoms with Gasteiger partial charge >= 0.3 is 0 Å². The number of aromatic nitrogens is 2. The molecule has 5 nitrogen and oxygen atoms in total. The number of nitrogens with two attached hydrogens (primary N) is 1. The summed E-state index contributed by atoms with van der Waals surface area (Å²) in [6.45, 7) is 3.41. The molecule has 2 aromatic rings. The first-order valence-corrected chi connectivity index (χ1v) is 7.40. The van der Waals surface area contributed by atoms with E-state index in [1.165, 1.54) is 0 Å². The summed E-state index contributed by atoms with van der Waals surface area (Å²) in [5, 5.41) is 4.35. The Morgan fingerprint density at radius 2 is 2.15 bits per heavy atom. The van der Waals surface area contributed by atoms with E-state index < -0.39 is 0 Å². The van der Waals surface area contributed by atoms with Gasteiger partial charge in [0.15, 0.2) is 0 Å². The second kappa shape index (κ2) is 7.42. The average molecular weight is 339 g/mol. The van der Waals surface area contributed by atoms with E-state index in [-0.39, 0.29) is 6.04 Å². The molecule has 2 rings (SSSR count). The van der Waals surface area contributed by atoms with Crippen LogP contribution in [-0.4, -0.2) is 16.4 Å². The van der Waals surface area contributed by atoms with Gasteiger partial charge in [0.25, 0.3) is 0 Å². The SMILES string of the molecule is CCCn1ncc(Br)c1C(COc1ccccc1)NN. The number of nitrogens with one attached hydrogen (secondary N) is 1. The molecule has 108 valence electrons. The lowest BCUT2D eigenvalue weighted by atomic mass is 10.2. The van der Waals surface area contributed by atoms with Crippen LogP contribution >= 0.6 is 15.9 Å². The van der Waals surface area contributed by atoms with Crippen LogP contribution in [0.3, 0.4) is 0 Å². The highest BCUT2D eigenvalue weighted by Gasteiger charge is 2.19. The minimum atomic E-state index is -0.126. The second-order valence-corrected chi connectivity index (χ2v) is 5.30. The lowest BCUT2D eigenvalue weighted by Crippen LogP contribution is -2.34. The fourth-order valence-corrected chi connectivity index (χ4v) is 2.58. The van der Waals surface area contributed by atoms with Crippen molar-refractivity contribution in [1.29, 1.82) is 0 Å². The first kappa shape index (κ1) is 15.0. The van der Waals surface area contributed by atoms with Crippen molar-refractivity contribution in [1.82, 2.24) is 15.2 Å². The smallest absolute Gasteiger partial charge is 0.119 e. The number of halogens is 1. The number of aryl methyl sites for hydroxylation is 1. The number of para-hydroxylation sites is 1. The third-order valence-electron chi connectivity index (χ3n) is 2.96. The van der Waals surface area contributed by atoms with Crippen molar-refractivity contribution in [3.8, 4) is 5.75 Å². The molecule has 3 N–H and O–H groups in total. The second-order valence-electron chi connectivity index (χ2n) is 4.44. The maximum absolute atomic E-state index is 5.77. The topological polar surface area (TPSA) is 65.1 Å². The molecule has 0 saturated carbocycles. The molecule has 1 aromatic carbocycles. The predicted octanol–water partition coefficient (Wildman–Crippen LogP) is 2.64. The van der Waals surface area contributed by atoms with E-state index in [1.807, 2.05) is 35.0 Å². The summed E-state index contributed by atoms with van der Waals surface area (Å²) in [6, 6.07) is 9.56. The van der Waals surface area contributed by atoms with Gasteiger partial charge in [-0.05, 0) is 34.5 Å². The van der Waals surface area contributed by atoms with Crippen LogP contribution in [0.4, 0.5) is 0 Å². The van der Waals surface area contributed by atoms with Gasteiger partial charge in [-0.15, -0.1) is 0 Å². The number of nitrogens with zero attached hydrogens (tertiary/aromatic N) is 2. The largest absolute Gasteiger partial charge is 0.491 e. The van der Waals surface area contributed by atoms with Gasteiger partial charge in [0.1, 0.15) is 12.4 Å². The molecule has 0 radical (unpaired) electrons. The first-order valence-electron chi connectivity index (χ1n) is 6.61. The molecule has 1 aromatic heterocycles. The highest BCUT2D eigenvalue weighted by molar-refractivity contribution is 9.10. The molecular weight excluding hydrogens is 320 g/mol. The summed E-state index contributed by atoms with van der Waals surface area (Å²) < 4.78 is 8.65. The molecule has 0 aliphatic heterocycles. The molecule has 1 heterocycles. The fraction of sp³-hybridized carbons (Fsp3) is 0.357. The zero-order valence-electron chi connectivity index (χ0n) is 11.4. The highest BCUT2D eigenvalue weighted by Crippen LogP contribution is 2.24. The van der Waals surface area contributed by atoms with E-state index in [4.69, 9.17) is 10.6 Å². The molecular formula is C14H19BrN4O. The summed E-state index contributed by atoms with van der Waals surface area (Å²) in [4.78, 5) is 0. The molecule has 0 amide bonds. The molecule has 0 bridgehead atoms. The van der Waals surface area contributed by atoms with Crippen molar-refractivity contribution < 1.29 is 4.74 Å². The van der Waals surface area contributed by atoms with Crippen molar-refractivity contribution >= 4 is 15.9 Å². The van der Waals surface area contributed by atoms with Gasteiger partial charge in [-0.1, -0.05) is 25.1 Å². The summed E-state index contributed by atoms with van der Waals surface area (Å²) >= 11 is 3.52. The summed E-state index contributed by atoms with van der Waals surface area (Å²) in [7, 11) is 0. The lowest BCUT2D eigenvalue weighted by molar-refractivity contribution is 0.259. The van der Waals surface area contributed by atoms with Gasteiger partial charge < -0.3 is 4.74 Å². The normalized spacial score (nSPS) is 12.3. The van der Waals surface area contributed by atoms with E-state index in [2.05, 4.69) is 33.4 Å². The van der Waals surface area contributed by atoms with Crippen molar-refractivity contribution in [2.45, 2.75) is 25.9 Å². The number of hydrazine groups is 1. The van der Waals surface area contributed by atoms with Crippen molar-refractivity contribution in [2.75, 3.05) is 6.61 Å². The van der Waals surface area contributed by atoms with Crippen molar-refractivity contribution in [2.24, 2.45) is 5.84 Å². The Morgan fingerprint density at radius 1 is 1.40 bits per heavy atom. The van der Waals surface area contributed by atoms with Crippen LogP contribution in [0.5, 0.6) is 5.75 Å². The standard InChI is InChI=1S/C14H19BrN4O/c1-2-8-19-14(12(15)9-17-19)13(18-16)10-20-11-6-4-3-5-7-11/h3-7,9,13,18H,2,8,10,16H2,1H3.